The molecule has 0 radical (unpaired) electrons. The zero-order valence-electron chi connectivity index (χ0n) is 15.6. The van der Waals surface area contributed by atoms with E-state index in [9.17, 15) is 13.2 Å². The number of nitrogens with zero attached hydrogens (tertiary/aromatic N) is 1. The zero-order valence-corrected chi connectivity index (χ0v) is 16.5. The second-order valence-electron chi connectivity index (χ2n) is 7.29. The van der Waals surface area contributed by atoms with E-state index in [4.69, 9.17) is 5.11 Å². The lowest BCUT2D eigenvalue weighted by Gasteiger charge is -2.33. The van der Waals surface area contributed by atoms with Crippen molar-refractivity contribution in [2.75, 3.05) is 13.1 Å². The fraction of sp³-hybridized carbons (Fsp3) is 0.650. The molecule has 146 valence electrons. The van der Waals surface area contributed by atoms with Crippen molar-refractivity contribution in [2.45, 2.75) is 63.5 Å². The first-order chi connectivity index (χ1) is 12.4. The molecule has 1 fully saturated rings. The summed E-state index contributed by atoms with van der Waals surface area (Å²) in [4.78, 5) is 11.1. The van der Waals surface area contributed by atoms with Gasteiger partial charge in [-0.15, -0.1) is 0 Å². The summed E-state index contributed by atoms with van der Waals surface area (Å²) in [6.07, 6.45) is 5.48. The van der Waals surface area contributed by atoms with Crippen LogP contribution >= 0.6 is 0 Å². The van der Waals surface area contributed by atoms with Crippen LogP contribution in [0.1, 0.15) is 57.4 Å². The molecule has 0 aromatic heterocycles. The predicted octanol–water partition coefficient (Wildman–Crippen LogP) is 3.69. The van der Waals surface area contributed by atoms with Crippen LogP contribution in [0.15, 0.2) is 30.3 Å². The van der Waals surface area contributed by atoms with E-state index < -0.39 is 21.2 Å². The Kier molecular flexibility index (Phi) is 8.10. The van der Waals surface area contributed by atoms with Crippen molar-refractivity contribution in [2.24, 2.45) is 5.92 Å². The van der Waals surface area contributed by atoms with Gasteiger partial charge in [0, 0.05) is 13.1 Å². The number of piperidine rings is 1. The summed E-state index contributed by atoms with van der Waals surface area (Å²) in [5.41, 5.74) is 1.29. The van der Waals surface area contributed by atoms with Gasteiger partial charge >= 0.3 is 5.97 Å². The molecule has 0 amide bonds. The van der Waals surface area contributed by atoms with Crippen LogP contribution in [0.4, 0.5) is 0 Å². The Balaban J connectivity index is 1.94. The smallest absolute Gasteiger partial charge is 0.304 e. The van der Waals surface area contributed by atoms with Crippen LogP contribution in [-0.4, -0.2) is 42.1 Å². The normalized spacial score (nSPS) is 17.9. The van der Waals surface area contributed by atoms with E-state index in [2.05, 4.69) is 19.1 Å². The predicted molar refractivity (Wildman–Crippen MR) is 104 cm³/mol. The van der Waals surface area contributed by atoms with E-state index >= 15 is 0 Å². The molecule has 0 aliphatic carbocycles. The largest absolute Gasteiger partial charge is 0.481 e. The van der Waals surface area contributed by atoms with Gasteiger partial charge in [-0.2, -0.15) is 0 Å². The van der Waals surface area contributed by atoms with Gasteiger partial charge in [0.2, 0.25) is 10.0 Å². The third-order valence-electron chi connectivity index (χ3n) is 5.25. The summed E-state index contributed by atoms with van der Waals surface area (Å²) in [7, 11) is -3.54. The standard InChI is InChI=1S/C20H31NO4S/c1-2-3-5-10-19(16-20(22)23)26(24,25)21-13-11-18(12-14-21)15-17-8-6-4-7-9-17/h4,6-9,18-19H,2-3,5,10-16H2,1H3,(H,22,23). The molecule has 1 N–H and O–H groups in total. The van der Waals surface area contributed by atoms with Gasteiger partial charge in [-0.25, -0.2) is 12.7 Å². The zero-order chi connectivity index (χ0) is 19.0. The first kappa shape index (κ1) is 20.9. The fourth-order valence-electron chi connectivity index (χ4n) is 3.70. The van der Waals surface area contributed by atoms with Crippen molar-refractivity contribution in [3.8, 4) is 0 Å². The molecule has 0 saturated carbocycles. The Labute approximate surface area is 157 Å². The van der Waals surface area contributed by atoms with Crippen molar-refractivity contribution < 1.29 is 18.3 Å². The van der Waals surface area contributed by atoms with Gasteiger partial charge in [-0.05, 0) is 37.2 Å². The van der Waals surface area contributed by atoms with Crippen molar-refractivity contribution in [1.82, 2.24) is 4.31 Å². The number of rotatable bonds is 10. The van der Waals surface area contributed by atoms with Crippen LogP contribution in [-0.2, 0) is 21.2 Å². The number of unbranched alkanes of at least 4 members (excludes halogenated alkanes) is 2. The van der Waals surface area contributed by atoms with Crippen molar-refractivity contribution in [3.05, 3.63) is 35.9 Å². The lowest BCUT2D eigenvalue weighted by Crippen LogP contribution is -2.44. The number of carboxylic acid groups (broad SMARTS) is 1. The minimum Gasteiger partial charge on any atom is -0.481 e. The minimum absolute atomic E-state index is 0.296. The highest BCUT2D eigenvalue weighted by Crippen LogP contribution is 2.27. The summed E-state index contributed by atoms with van der Waals surface area (Å²) in [6.45, 7) is 3.06. The Morgan fingerprint density at radius 3 is 2.42 bits per heavy atom. The summed E-state index contributed by atoms with van der Waals surface area (Å²) >= 11 is 0. The van der Waals surface area contributed by atoms with Crippen LogP contribution in [0, 0.1) is 5.92 Å². The SMILES string of the molecule is CCCCCC(CC(=O)O)S(=O)(=O)N1CCC(Cc2ccccc2)CC1. The quantitative estimate of drug-likeness (QED) is 0.627. The molecule has 1 atom stereocenters. The fourth-order valence-corrected chi connectivity index (χ4v) is 5.66. The van der Waals surface area contributed by atoms with E-state index in [1.54, 1.807) is 0 Å². The second kappa shape index (κ2) is 10.1. The lowest BCUT2D eigenvalue weighted by atomic mass is 9.91. The van der Waals surface area contributed by atoms with Crippen LogP contribution in [0.3, 0.4) is 0 Å². The van der Waals surface area contributed by atoms with Gasteiger partial charge in [0.05, 0.1) is 11.7 Å². The average Bonchev–Trinajstić information content (AvgIpc) is 2.62. The molecule has 1 aliphatic rings. The molecule has 5 nitrogen and oxygen atoms in total. The molecule has 1 aliphatic heterocycles. The van der Waals surface area contributed by atoms with Gasteiger partial charge in [-0.3, -0.25) is 4.79 Å². The van der Waals surface area contributed by atoms with E-state index in [1.165, 1.54) is 9.87 Å². The third-order valence-corrected chi connectivity index (χ3v) is 7.58. The Bertz CT molecular complexity index is 652. The molecule has 1 heterocycles. The van der Waals surface area contributed by atoms with Gasteiger partial charge in [-0.1, -0.05) is 56.5 Å². The molecule has 0 spiro atoms. The summed E-state index contributed by atoms with van der Waals surface area (Å²) in [6, 6.07) is 10.3. The Morgan fingerprint density at radius 2 is 1.85 bits per heavy atom. The maximum Gasteiger partial charge on any atom is 0.304 e. The lowest BCUT2D eigenvalue weighted by molar-refractivity contribution is -0.137. The molecule has 26 heavy (non-hydrogen) atoms. The van der Waals surface area contributed by atoms with Gasteiger partial charge in [0.1, 0.15) is 0 Å². The van der Waals surface area contributed by atoms with Gasteiger partial charge < -0.3 is 5.11 Å². The first-order valence-corrected chi connectivity index (χ1v) is 11.2. The maximum absolute atomic E-state index is 12.9. The maximum atomic E-state index is 12.9. The van der Waals surface area contributed by atoms with E-state index in [0.29, 0.717) is 25.4 Å². The molecule has 1 aromatic carbocycles. The number of carboxylic acids is 1. The van der Waals surface area contributed by atoms with E-state index in [0.717, 1.165) is 38.5 Å². The van der Waals surface area contributed by atoms with Crippen LogP contribution < -0.4 is 0 Å². The second-order valence-corrected chi connectivity index (χ2v) is 9.51. The van der Waals surface area contributed by atoms with Crippen molar-refractivity contribution >= 4 is 16.0 Å². The third kappa shape index (κ3) is 6.09. The van der Waals surface area contributed by atoms with Crippen LogP contribution in [0.25, 0.3) is 0 Å². The van der Waals surface area contributed by atoms with E-state index in [-0.39, 0.29) is 6.42 Å². The summed E-state index contributed by atoms with van der Waals surface area (Å²) in [5.74, 6) is -0.545. The molecule has 6 heteroatoms. The molecular weight excluding hydrogens is 350 g/mol. The Hall–Kier alpha value is -1.40. The number of sulfonamides is 1. The van der Waals surface area contributed by atoms with Crippen molar-refractivity contribution in [3.63, 3.8) is 0 Å². The molecule has 1 aromatic rings. The average molecular weight is 382 g/mol. The first-order valence-electron chi connectivity index (χ1n) is 9.68. The molecule has 0 bridgehead atoms. The Morgan fingerprint density at radius 1 is 1.19 bits per heavy atom. The minimum atomic E-state index is -3.54. The number of hydrogen-bond donors (Lipinski definition) is 1. The molecule has 1 saturated heterocycles. The molecule has 2 rings (SSSR count). The highest BCUT2D eigenvalue weighted by Gasteiger charge is 2.35. The van der Waals surface area contributed by atoms with Crippen molar-refractivity contribution in [1.29, 1.82) is 0 Å². The van der Waals surface area contributed by atoms with E-state index in [1.807, 2.05) is 18.2 Å². The topological polar surface area (TPSA) is 74.7 Å². The number of benzene rings is 1. The van der Waals surface area contributed by atoms with Crippen LogP contribution in [0.5, 0.6) is 0 Å². The molecule has 1 unspecified atom stereocenters. The number of aliphatic carboxylic acids is 1. The van der Waals surface area contributed by atoms with Crippen LogP contribution in [0.2, 0.25) is 0 Å². The summed E-state index contributed by atoms with van der Waals surface area (Å²) in [5, 5.41) is 8.33. The van der Waals surface area contributed by atoms with Gasteiger partial charge in [0.25, 0.3) is 0 Å². The number of hydrogen-bond acceptors (Lipinski definition) is 3. The highest BCUT2D eigenvalue weighted by atomic mass is 32.2. The summed E-state index contributed by atoms with van der Waals surface area (Å²) < 4.78 is 27.4. The monoisotopic (exact) mass is 381 g/mol. The van der Waals surface area contributed by atoms with Gasteiger partial charge in [0.15, 0.2) is 0 Å². The highest BCUT2D eigenvalue weighted by molar-refractivity contribution is 7.89. The molecular formula is C20H31NO4S. The number of carbonyl (C=O) groups is 1.